The largest absolute Gasteiger partial charge is 0.382 e. The number of carbonyl (C=O) groups is 1. The number of amides is 1. The van der Waals surface area contributed by atoms with Crippen LogP contribution >= 0.6 is 0 Å². The highest BCUT2D eigenvalue weighted by molar-refractivity contribution is 5.77. The van der Waals surface area contributed by atoms with E-state index in [1.165, 1.54) is 0 Å². The molecule has 0 unspecified atom stereocenters. The van der Waals surface area contributed by atoms with Crippen molar-refractivity contribution in [1.82, 2.24) is 5.32 Å². The quantitative estimate of drug-likeness (QED) is 0.767. The van der Waals surface area contributed by atoms with Gasteiger partial charge in [0.05, 0.1) is 13.2 Å². The highest BCUT2D eigenvalue weighted by Gasteiger charge is 2.06. The van der Waals surface area contributed by atoms with Crippen LogP contribution in [-0.4, -0.2) is 32.8 Å². The molecule has 19 heavy (non-hydrogen) atoms. The molecule has 0 bridgehead atoms. The number of nitrogens with one attached hydrogen (secondary N) is 1. The van der Waals surface area contributed by atoms with E-state index in [2.05, 4.69) is 5.32 Å². The van der Waals surface area contributed by atoms with E-state index in [1.807, 2.05) is 0 Å². The van der Waals surface area contributed by atoms with Crippen molar-refractivity contribution in [3.8, 4) is 0 Å². The van der Waals surface area contributed by atoms with Gasteiger partial charge in [0.15, 0.2) is 0 Å². The monoisotopic (exact) mass is 269 g/mol. The van der Waals surface area contributed by atoms with Crippen molar-refractivity contribution in [3.05, 3.63) is 34.6 Å². The Morgan fingerprint density at radius 2 is 1.89 bits per heavy atom. The van der Waals surface area contributed by atoms with Crippen LogP contribution in [0.25, 0.3) is 0 Å². The lowest BCUT2D eigenvalue weighted by atomic mass is 10.1. The van der Waals surface area contributed by atoms with E-state index < -0.39 is 0 Å². The lowest BCUT2D eigenvalue weighted by Crippen LogP contribution is -2.27. The number of hydrogen-bond donors (Lipinski definition) is 1. The Kier molecular flexibility index (Phi) is 6.45. The van der Waals surface area contributed by atoms with E-state index in [4.69, 9.17) is 9.47 Å². The first-order chi connectivity index (χ1) is 9.04. The maximum Gasteiger partial charge on any atom is 0.246 e. The van der Waals surface area contributed by atoms with Crippen molar-refractivity contribution in [2.75, 3.05) is 26.9 Å². The molecule has 0 aliphatic rings. The highest BCUT2D eigenvalue weighted by Crippen LogP contribution is 2.14. The van der Waals surface area contributed by atoms with Crippen LogP contribution in [0.3, 0.4) is 0 Å². The smallest absolute Gasteiger partial charge is 0.246 e. The molecule has 0 radical (unpaired) electrons. The number of benzene rings is 1. The molecule has 0 spiro atoms. The van der Waals surface area contributed by atoms with E-state index in [0.717, 1.165) is 5.56 Å². The third-order valence-electron chi connectivity index (χ3n) is 2.65. The summed E-state index contributed by atoms with van der Waals surface area (Å²) in [6.45, 7) is 4.64. The minimum Gasteiger partial charge on any atom is -0.382 e. The Bertz CT molecular complexity index is 412. The molecular formula is C14H20FNO3. The van der Waals surface area contributed by atoms with Crippen LogP contribution in [0, 0.1) is 19.7 Å². The first kappa shape index (κ1) is 15.6. The molecule has 5 heteroatoms. The molecule has 0 aliphatic carbocycles. The van der Waals surface area contributed by atoms with Crippen LogP contribution < -0.4 is 5.32 Å². The van der Waals surface area contributed by atoms with Gasteiger partial charge in [-0.1, -0.05) is 12.1 Å². The fraction of sp³-hybridized carbons (Fsp3) is 0.500. The Labute approximate surface area is 112 Å². The molecule has 0 fully saturated rings. The Morgan fingerprint density at radius 1 is 1.26 bits per heavy atom. The summed E-state index contributed by atoms with van der Waals surface area (Å²) in [5.74, 6) is -0.395. The average molecular weight is 269 g/mol. The highest BCUT2D eigenvalue weighted by atomic mass is 19.1. The minimum absolute atomic E-state index is 0.00250. The molecular weight excluding hydrogens is 249 g/mol. The summed E-state index contributed by atoms with van der Waals surface area (Å²) < 4.78 is 23.3. The first-order valence-electron chi connectivity index (χ1n) is 6.13. The summed E-state index contributed by atoms with van der Waals surface area (Å²) in [4.78, 5) is 11.5. The van der Waals surface area contributed by atoms with Gasteiger partial charge in [-0.3, -0.25) is 4.79 Å². The number of methoxy groups -OCH3 is 1. The van der Waals surface area contributed by atoms with Gasteiger partial charge in [-0.15, -0.1) is 0 Å². The van der Waals surface area contributed by atoms with E-state index in [-0.39, 0.29) is 18.3 Å². The van der Waals surface area contributed by atoms with Crippen molar-refractivity contribution >= 4 is 5.91 Å². The maximum atomic E-state index is 13.4. The van der Waals surface area contributed by atoms with E-state index in [1.54, 1.807) is 33.1 Å². The molecule has 4 nitrogen and oxygen atoms in total. The maximum absolute atomic E-state index is 13.4. The summed E-state index contributed by atoms with van der Waals surface area (Å²) in [5.41, 5.74) is 2.04. The molecule has 106 valence electrons. The Hall–Kier alpha value is -1.46. The summed E-state index contributed by atoms with van der Waals surface area (Å²) >= 11 is 0. The first-order valence-corrected chi connectivity index (χ1v) is 6.13. The van der Waals surface area contributed by atoms with E-state index >= 15 is 0 Å². The summed E-state index contributed by atoms with van der Waals surface area (Å²) in [7, 11) is 1.57. The zero-order valence-electron chi connectivity index (χ0n) is 11.6. The summed E-state index contributed by atoms with van der Waals surface area (Å²) in [5, 5.41) is 2.72. The van der Waals surface area contributed by atoms with Crippen LogP contribution in [0.15, 0.2) is 12.1 Å². The topological polar surface area (TPSA) is 47.6 Å². The van der Waals surface area contributed by atoms with Crippen molar-refractivity contribution in [2.24, 2.45) is 0 Å². The lowest BCUT2D eigenvalue weighted by molar-refractivity contribution is -0.126. The van der Waals surface area contributed by atoms with Gasteiger partial charge in [0.25, 0.3) is 0 Å². The number of rotatable bonds is 7. The van der Waals surface area contributed by atoms with Crippen molar-refractivity contribution in [3.63, 3.8) is 0 Å². The molecule has 0 heterocycles. The van der Waals surface area contributed by atoms with Crippen molar-refractivity contribution in [2.45, 2.75) is 20.4 Å². The Balaban J connectivity index is 2.38. The van der Waals surface area contributed by atoms with E-state index in [9.17, 15) is 9.18 Å². The minimum atomic E-state index is -0.198. The second kappa shape index (κ2) is 7.86. The van der Waals surface area contributed by atoms with Crippen LogP contribution in [0.4, 0.5) is 4.39 Å². The van der Waals surface area contributed by atoms with Gasteiger partial charge < -0.3 is 14.8 Å². The predicted molar refractivity (Wildman–Crippen MR) is 70.4 cm³/mol. The normalized spacial score (nSPS) is 10.5. The molecule has 0 aliphatic heterocycles. The molecule has 1 aromatic rings. The van der Waals surface area contributed by atoms with Gasteiger partial charge in [0.2, 0.25) is 5.91 Å². The molecule has 0 saturated carbocycles. The number of carbonyl (C=O) groups excluding carboxylic acids is 1. The lowest BCUT2D eigenvalue weighted by Gasteiger charge is -2.09. The predicted octanol–water partition coefficient (Wildman–Crippen LogP) is 1.72. The molecule has 1 aromatic carbocycles. The van der Waals surface area contributed by atoms with Crippen molar-refractivity contribution < 1.29 is 18.7 Å². The zero-order chi connectivity index (χ0) is 14.3. The van der Waals surface area contributed by atoms with Gasteiger partial charge in [-0.25, -0.2) is 4.39 Å². The number of aryl methyl sites for hydroxylation is 2. The number of ether oxygens (including phenoxy) is 2. The summed E-state index contributed by atoms with van der Waals surface area (Å²) in [6, 6.07) is 3.46. The second-order valence-electron chi connectivity index (χ2n) is 4.37. The van der Waals surface area contributed by atoms with E-state index in [0.29, 0.717) is 30.9 Å². The van der Waals surface area contributed by atoms with Crippen molar-refractivity contribution in [1.29, 1.82) is 0 Å². The van der Waals surface area contributed by atoms with Crippen LogP contribution in [0.1, 0.15) is 16.7 Å². The fourth-order valence-corrected chi connectivity index (χ4v) is 1.70. The molecule has 0 aromatic heterocycles. The SMILES string of the molecule is COCCOCC(=O)NCc1cc(C)c(F)c(C)c1. The zero-order valence-corrected chi connectivity index (χ0v) is 11.6. The fourth-order valence-electron chi connectivity index (χ4n) is 1.70. The average Bonchev–Trinajstić information content (AvgIpc) is 2.38. The summed E-state index contributed by atoms with van der Waals surface area (Å²) in [6.07, 6.45) is 0. The third kappa shape index (κ3) is 5.36. The molecule has 0 saturated heterocycles. The molecule has 1 amide bonds. The second-order valence-corrected chi connectivity index (χ2v) is 4.37. The standard InChI is InChI=1S/C14H20FNO3/c1-10-6-12(7-11(2)14(10)15)8-16-13(17)9-19-5-4-18-3/h6-7H,4-5,8-9H2,1-3H3,(H,16,17). The van der Waals surface area contributed by atoms with Crippen LogP contribution in [-0.2, 0) is 20.8 Å². The third-order valence-corrected chi connectivity index (χ3v) is 2.65. The van der Waals surface area contributed by atoms with Gasteiger partial charge >= 0.3 is 0 Å². The van der Waals surface area contributed by atoms with Gasteiger partial charge in [0, 0.05) is 13.7 Å². The van der Waals surface area contributed by atoms with Gasteiger partial charge in [0.1, 0.15) is 12.4 Å². The number of hydrogen-bond acceptors (Lipinski definition) is 3. The van der Waals surface area contributed by atoms with Gasteiger partial charge in [-0.05, 0) is 30.5 Å². The molecule has 1 N–H and O–H groups in total. The number of halogens is 1. The Morgan fingerprint density at radius 3 is 2.47 bits per heavy atom. The molecule has 0 atom stereocenters. The van der Waals surface area contributed by atoms with Crippen LogP contribution in [0.5, 0.6) is 0 Å². The van der Waals surface area contributed by atoms with Crippen LogP contribution in [0.2, 0.25) is 0 Å². The molecule has 1 rings (SSSR count). The van der Waals surface area contributed by atoms with Gasteiger partial charge in [-0.2, -0.15) is 0 Å².